The molecule has 0 spiro atoms. The number of nitrogens with zero attached hydrogens (tertiary/aromatic N) is 1. The van der Waals surface area contributed by atoms with Crippen LogP contribution in [0.1, 0.15) is 51.4 Å². The van der Waals surface area contributed by atoms with Crippen molar-refractivity contribution in [2.75, 3.05) is 19.8 Å². The monoisotopic (exact) mass is 324 g/mol. The van der Waals surface area contributed by atoms with Gasteiger partial charge < -0.3 is 10.1 Å². The summed E-state index contributed by atoms with van der Waals surface area (Å²) in [4.78, 5) is 3.75. The van der Waals surface area contributed by atoms with Gasteiger partial charge in [0.25, 0.3) is 0 Å². The minimum Gasteiger partial charge on any atom is -0.381 e. The molecule has 1 aromatic heterocycles. The highest BCUT2D eigenvalue weighted by Crippen LogP contribution is 2.25. The van der Waals surface area contributed by atoms with Crippen molar-refractivity contribution in [1.29, 1.82) is 0 Å². The lowest BCUT2D eigenvalue weighted by Crippen LogP contribution is -2.36. The summed E-state index contributed by atoms with van der Waals surface area (Å²) in [7, 11) is 0. The number of aromatic nitrogens is 1. The molecular formula is C18H29ClN2O. The average Bonchev–Trinajstić information content (AvgIpc) is 2.58. The number of hydrogen-bond acceptors (Lipinski definition) is 3. The normalized spacial score (nSPS) is 20.2. The van der Waals surface area contributed by atoms with E-state index < -0.39 is 0 Å². The quantitative estimate of drug-likeness (QED) is 0.887. The number of ether oxygens (including phenoxy) is 1. The molecule has 2 aliphatic rings. The molecule has 0 aromatic carbocycles. The molecule has 2 fully saturated rings. The second-order valence-corrected chi connectivity index (χ2v) is 6.74. The number of nitrogens with one attached hydrogen (secondary N) is 1. The molecule has 0 atom stereocenters. The molecule has 0 radical (unpaired) electrons. The molecule has 2 heterocycles. The predicted octanol–water partition coefficient (Wildman–Crippen LogP) is 4.46. The van der Waals surface area contributed by atoms with Crippen LogP contribution >= 0.6 is 11.6 Å². The van der Waals surface area contributed by atoms with Gasteiger partial charge in [-0.25, -0.2) is 0 Å². The van der Waals surface area contributed by atoms with Gasteiger partial charge in [-0.1, -0.05) is 43.7 Å². The number of rotatable bonds is 4. The van der Waals surface area contributed by atoms with E-state index in [4.69, 9.17) is 16.3 Å². The van der Waals surface area contributed by atoms with Gasteiger partial charge in [0.1, 0.15) is 0 Å². The summed E-state index contributed by atoms with van der Waals surface area (Å²) in [5.74, 6) is 1.02. The summed E-state index contributed by atoms with van der Waals surface area (Å²) in [6.45, 7) is 3.15. The topological polar surface area (TPSA) is 34.1 Å². The first-order valence-electron chi connectivity index (χ1n) is 8.71. The fourth-order valence-corrected chi connectivity index (χ4v) is 3.34. The minimum atomic E-state index is 0.683. The van der Waals surface area contributed by atoms with Gasteiger partial charge in [0.15, 0.2) is 0 Å². The van der Waals surface area contributed by atoms with E-state index >= 15 is 0 Å². The Morgan fingerprint density at radius 3 is 2.50 bits per heavy atom. The Labute approximate surface area is 139 Å². The molecule has 22 heavy (non-hydrogen) atoms. The van der Waals surface area contributed by atoms with Crippen molar-refractivity contribution >= 4 is 11.6 Å². The Hall–Kier alpha value is -0.640. The van der Waals surface area contributed by atoms with Crippen LogP contribution in [0.4, 0.5) is 0 Å². The summed E-state index contributed by atoms with van der Waals surface area (Å²) >= 11 is 5.48. The molecule has 1 saturated heterocycles. The summed E-state index contributed by atoms with van der Waals surface area (Å²) in [6, 6.07) is 4.32. The molecule has 1 aliphatic carbocycles. The molecule has 0 amide bonds. The third-order valence-electron chi connectivity index (χ3n) is 4.56. The maximum atomic E-state index is 5.48. The van der Waals surface area contributed by atoms with E-state index in [-0.39, 0.29) is 0 Å². The van der Waals surface area contributed by atoms with Gasteiger partial charge in [-0.05, 0) is 43.9 Å². The number of hydrogen-bond donors (Lipinski definition) is 1. The Kier molecular flexibility index (Phi) is 8.84. The summed E-state index contributed by atoms with van der Waals surface area (Å²) in [5.41, 5.74) is 0. The van der Waals surface area contributed by atoms with E-state index in [9.17, 15) is 0 Å². The predicted molar refractivity (Wildman–Crippen MR) is 92.3 cm³/mol. The van der Waals surface area contributed by atoms with Crippen LogP contribution < -0.4 is 5.32 Å². The highest BCUT2D eigenvalue weighted by Gasteiger charge is 2.15. The SMILES string of the molecule is C1CCC(CCNC2CCOCC2)CC1.Clc1cccnc1. The van der Waals surface area contributed by atoms with Crippen LogP contribution in [0.3, 0.4) is 0 Å². The molecule has 0 bridgehead atoms. The second kappa shape index (κ2) is 11.0. The van der Waals surface area contributed by atoms with Gasteiger partial charge in [0, 0.05) is 31.6 Å². The van der Waals surface area contributed by atoms with E-state index in [0.717, 1.165) is 25.2 Å². The van der Waals surface area contributed by atoms with E-state index in [2.05, 4.69) is 10.3 Å². The number of halogens is 1. The molecule has 4 heteroatoms. The lowest BCUT2D eigenvalue weighted by molar-refractivity contribution is 0.0775. The third-order valence-corrected chi connectivity index (χ3v) is 4.78. The molecule has 0 unspecified atom stereocenters. The molecule has 3 rings (SSSR count). The van der Waals surface area contributed by atoms with Gasteiger partial charge in [-0.2, -0.15) is 0 Å². The van der Waals surface area contributed by atoms with E-state index in [1.54, 1.807) is 24.5 Å². The fraction of sp³-hybridized carbons (Fsp3) is 0.722. The summed E-state index contributed by atoms with van der Waals surface area (Å²) in [5, 5.41) is 4.37. The Morgan fingerprint density at radius 2 is 1.91 bits per heavy atom. The third kappa shape index (κ3) is 7.57. The van der Waals surface area contributed by atoms with Gasteiger partial charge in [-0.15, -0.1) is 0 Å². The fourth-order valence-electron chi connectivity index (χ4n) is 3.21. The van der Waals surface area contributed by atoms with Crippen molar-refractivity contribution < 1.29 is 4.74 Å². The van der Waals surface area contributed by atoms with Gasteiger partial charge >= 0.3 is 0 Å². The molecule has 3 nitrogen and oxygen atoms in total. The maximum absolute atomic E-state index is 5.48. The second-order valence-electron chi connectivity index (χ2n) is 6.30. The van der Waals surface area contributed by atoms with Crippen LogP contribution in [-0.4, -0.2) is 30.8 Å². The first-order valence-corrected chi connectivity index (χ1v) is 9.09. The van der Waals surface area contributed by atoms with Crippen molar-refractivity contribution in [3.63, 3.8) is 0 Å². The Balaban J connectivity index is 0.000000211. The minimum absolute atomic E-state index is 0.683. The molecular weight excluding hydrogens is 296 g/mol. The lowest BCUT2D eigenvalue weighted by atomic mass is 9.87. The first-order chi connectivity index (χ1) is 10.8. The zero-order chi connectivity index (χ0) is 15.5. The standard InChI is InChI=1S/C13H25NO.C5H4ClN/c1-2-4-12(5-3-1)6-9-14-13-7-10-15-11-8-13;6-5-2-1-3-7-4-5/h12-14H,1-11H2;1-4H. The van der Waals surface area contributed by atoms with Gasteiger partial charge in [0.2, 0.25) is 0 Å². The van der Waals surface area contributed by atoms with Crippen LogP contribution in [0.5, 0.6) is 0 Å². The smallest absolute Gasteiger partial charge is 0.0589 e. The van der Waals surface area contributed by atoms with Crippen molar-refractivity contribution in [1.82, 2.24) is 10.3 Å². The number of pyridine rings is 1. The van der Waals surface area contributed by atoms with Crippen molar-refractivity contribution in [3.05, 3.63) is 29.5 Å². The first kappa shape index (κ1) is 17.7. The van der Waals surface area contributed by atoms with Gasteiger partial charge in [-0.3, -0.25) is 4.98 Å². The van der Waals surface area contributed by atoms with E-state index in [0.29, 0.717) is 5.02 Å². The molecule has 1 N–H and O–H groups in total. The van der Waals surface area contributed by atoms with E-state index in [1.165, 1.54) is 57.9 Å². The highest BCUT2D eigenvalue weighted by molar-refractivity contribution is 6.30. The zero-order valence-corrected chi connectivity index (χ0v) is 14.2. The van der Waals surface area contributed by atoms with Crippen LogP contribution in [-0.2, 0) is 4.74 Å². The largest absolute Gasteiger partial charge is 0.381 e. The van der Waals surface area contributed by atoms with Crippen LogP contribution in [0.15, 0.2) is 24.5 Å². The highest BCUT2D eigenvalue weighted by atomic mass is 35.5. The molecule has 1 aliphatic heterocycles. The van der Waals surface area contributed by atoms with Crippen LogP contribution in [0.2, 0.25) is 5.02 Å². The van der Waals surface area contributed by atoms with Crippen molar-refractivity contribution in [3.8, 4) is 0 Å². The van der Waals surface area contributed by atoms with Crippen LogP contribution in [0, 0.1) is 5.92 Å². The van der Waals surface area contributed by atoms with Crippen LogP contribution in [0.25, 0.3) is 0 Å². The Morgan fingerprint density at radius 1 is 1.14 bits per heavy atom. The van der Waals surface area contributed by atoms with Gasteiger partial charge in [0.05, 0.1) is 5.02 Å². The summed E-state index contributed by atoms with van der Waals surface area (Å²) in [6.07, 6.45) is 14.5. The molecule has 124 valence electrons. The summed E-state index contributed by atoms with van der Waals surface area (Å²) < 4.78 is 5.36. The lowest BCUT2D eigenvalue weighted by Gasteiger charge is -2.26. The molecule has 1 saturated carbocycles. The van der Waals surface area contributed by atoms with E-state index in [1.807, 2.05) is 0 Å². The average molecular weight is 325 g/mol. The molecule has 1 aromatic rings. The van der Waals surface area contributed by atoms with Crippen molar-refractivity contribution in [2.24, 2.45) is 5.92 Å². The van der Waals surface area contributed by atoms with Crippen molar-refractivity contribution in [2.45, 2.75) is 57.4 Å². The maximum Gasteiger partial charge on any atom is 0.0589 e. The zero-order valence-electron chi connectivity index (χ0n) is 13.5. The Bertz CT molecular complexity index is 358.